The van der Waals surface area contributed by atoms with Crippen LogP contribution in [0.4, 0.5) is 0 Å². The molecule has 2 rings (SSSR count). The monoisotopic (exact) mass is 570 g/mol. The van der Waals surface area contributed by atoms with Crippen LogP contribution in [-0.2, 0) is 4.79 Å². The molecule has 0 fully saturated rings. The molecule has 0 aliphatic rings. The molecule has 5 nitrogen and oxygen atoms in total. The lowest BCUT2D eigenvalue weighted by Gasteiger charge is -2.08. The predicted molar refractivity (Wildman–Crippen MR) is 156 cm³/mol. The molecule has 1 N–H and O–H groups in total. The topological polar surface area (TPSA) is 67.8 Å². The van der Waals surface area contributed by atoms with Crippen molar-refractivity contribution in [3.8, 4) is 5.75 Å². The Morgan fingerprint density at radius 3 is 2.11 bits per heavy atom. The zero-order valence-electron chi connectivity index (χ0n) is 22.6. The minimum Gasteiger partial charge on any atom is -0.422 e. The van der Waals surface area contributed by atoms with Crippen molar-refractivity contribution in [1.82, 2.24) is 5.43 Å². The minimum atomic E-state index is -0.438. The van der Waals surface area contributed by atoms with Gasteiger partial charge in [-0.2, -0.15) is 5.10 Å². The lowest BCUT2D eigenvalue weighted by molar-refractivity contribution is -0.121. The van der Waals surface area contributed by atoms with Gasteiger partial charge >= 0.3 is 5.97 Å². The van der Waals surface area contributed by atoms with Crippen LogP contribution in [0.25, 0.3) is 0 Å². The number of hydrogen-bond acceptors (Lipinski definition) is 4. The van der Waals surface area contributed by atoms with E-state index in [4.69, 9.17) is 4.74 Å². The van der Waals surface area contributed by atoms with E-state index >= 15 is 0 Å². The van der Waals surface area contributed by atoms with Crippen molar-refractivity contribution in [3.05, 3.63) is 63.6 Å². The average Bonchev–Trinajstić information content (AvgIpc) is 2.88. The highest BCUT2D eigenvalue weighted by Crippen LogP contribution is 2.23. The second kappa shape index (κ2) is 18.7. The first-order valence-electron chi connectivity index (χ1n) is 13.9. The summed E-state index contributed by atoms with van der Waals surface area (Å²) in [5.74, 6) is -0.163. The third-order valence-corrected chi connectivity index (χ3v) is 6.82. The molecule has 6 heteroatoms. The SMILES string of the molecule is CCCCCCCCCCCCCCCC(=O)NN=Cc1cc(Br)ccc1OC(=O)c1cccc(C)c1. The van der Waals surface area contributed by atoms with E-state index in [0.29, 0.717) is 23.3 Å². The summed E-state index contributed by atoms with van der Waals surface area (Å²) in [5, 5.41) is 4.08. The maximum atomic E-state index is 12.5. The first kappa shape index (κ1) is 30.8. The van der Waals surface area contributed by atoms with E-state index in [-0.39, 0.29) is 5.91 Å². The number of benzene rings is 2. The van der Waals surface area contributed by atoms with Crippen LogP contribution in [0.5, 0.6) is 5.75 Å². The zero-order valence-corrected chi connectivity index (χ0v) is 24.2. The number of hydrogen-bond donors (Lipinski definition) is 1. The maximum absolute atomic E-state index is 12.5. The van der Waals surface area contributed by atoms with Crippen LogP contribution in [0, 0.1) is 6.92 Å². The first-order valence-corrected chi connectivity index (χ1v) is 14.7. The Balaban J connectivity index is 1.63. The predicted octanol–water partition coefficient (Wildman–Crippen LogP) is 8.91. The molecule has 0 saturated carbocycles. The standard InChI is InChI=1S/C31H43BrN2O3/c1-3-4-5-6-7-8-9-10-11-12-13-14-15-19-30(35)34-33-24-27-23-28(32)20-21-29(27)37-31(36)26-18-16-17-25(2)22-26/h16-18,20-24H,3-15,19H2,1-2H3,(H,34,35). The van der Waals surface area contributed by atoms with Crippen LogP contribution in [0.3, 0.4) is 0 Å². The molecular weight excluding hydrogens is 528 g/mol. The number of nitrogens with one attached hydrogen (secondary N) is 1. The number of rotatable bonds is 18. The Hall–Kier alpha value is -2.47. The van der Waals surface area contributed by atoms with E-state index in [1.807, 2.05) is 19.1 Å². The summed E-state index contributed by atoms with van der Waals surface area (Å²) >= 11 is 3.43. The lowest BCUT2D eigenvalue weighted by Crippen LogP contribution is -2.17. The van der Waals surface area contributed by atoms with Gasteiger partial charge in [0.15, 0.2) is 0 Å². The number of ether oxygens (including phenoxy) is 1. The average molecular weight is 572 g/mol. The number of esters is 1. The Kier molecular flexibility index (Phi) is 15.6. The van der Waals surface area contributed by atoms with Gasteiger partial charge in [-0.25, -0.2) is 10.2 Å². The molecule has 0 radical (unpaired) electrons. The van der Waals surface area contributed by atoms with E-state index < -0.39 is 5.97 Å². The molecular formula is C31H43BrN2O3. The molecule has 0 aliphatic carbocycles. The highest BCUT2D eigenvalue weighted by molar-refractivity contribution is 9.10. The summed E-state index contributed by atoms with van der Waals surface area (Å²) < 4.78 is 6.41. The van der Waals surface area contributed by atoms with Crippen LogP contribution in [0.1, 0.15) is 118 Å². The molecule has 0 spiro atoms. The number of nitrogens with zero attached hydrogens (tertiary/aromatic N) is 1. The molecule has 0 saturated heterocycles. The molecule has 0 heterocycles. The number of amides is 1. The third kappa shape index (κ3) is 13.6. The van der Waals surface area contributed by atoms with Gasteiger partial charge in [0.1, 0.15) is 5.75 Å². The van der Waals surface area contributed by atoms with Gasteiger partial charge in [-0.15, -0.1) is 0 Å². The fraction of sp³-hybridized carbons (Fsp3) is 0.516. The Morgan fingerprint density at radius 2 is 1.49 bits per heavy atom. The van der Waals surface area contributed by atoms with E-state index in [0.717, 1.165) is 22.9 Å². The van der Waals surface area contributed by atoms with Crippen LogP contribution in [0.2, 0.25) is 0 Å². The lowest BCUT2D eigenvalue weighted by atomic mass is 10.0. The van der Waals surface area contributed by atoms with Gasteiger partial charge in [0.25, 0.3) is 0 Å². The van der Waals surface area contributed by atoms with Gasteiger partial charge in [0.2, 0.25) is 5.91 Å². The zero-order chi connectivity index (χ0) is 26.7. The maximum Gasteiger partial charge on any atom is 0.343 e. The highest BCUT2D eigenvalue weighted by atomic mass is 79.9. The number of hydrazone groups is 1. The largest absolute Gasteiger partial charge is 0.422 e. The number of aryl methyl sites for hydroxylation is 1. The van der Waals surface area contributed by atoms with Gasteiger partial charge in [0, 0.05) is 16.5 Å². The molecule has 2 aromatic carbocycles. The summed E-state index contributed by atoms with van der Waals surface area (Å²) in [6.07, 6.45) is 18.6. The normalized spacial score (nSPS) is 11.1. The van der Waals surface area contributed by atoms with Crippen molar-refractivity contribution in [2.24, 2.45) is 5.10 Å². The molecule has 0 aliphatic heterocycles. The summed E-state index contributed by atoms with van der Waals surface area (Å²) in [5.41, 5.74) is 4.65. The Morgan fingerprint density at radius 1 is 0.865 bits per heavy atom. The summed E-state index contributed by atoms with van der Waals surface area (Å²) in [7, 11) is 0. The van der Waals surface area contributed by atoms with Crippen molar-refractivity contribution in [2.75, 3.05) is 0 Å². The van der Waals surface area contributed by atoms with Gasteiger partial charge in [-0.05, 0) is 43.7 Å². The molecule has 202 valence electrons. The fourth-order valence-corrected chi connectivity index (χ4v) is 4.56. The molecule has 1 amide bonds. The number of unbranched alkanes of at least 4 members (excludes halogenated alkanes) is 12. The third-order valence-electron chi connectivity index (χ3n) is 6.33. The number of carbonyl (C=O) groups is 2. The second-order valence-electron chi connectivity index (χ2n) is 9.73. The summed E-state index contributed by atoms with van der Waals surface area (Å²) in [6, 6.07) is 12.5. The van der Waals surface area contributed by atoms with Crippen molar-refractivity contribution < 1.29 is 14.3 Å². The first-order chi connectivity index (χ1) is 18.0. The summed E-state index contributed by atoms with van der Waals surface area (Å²) in [4.78, 5) is 24.7. The van der Waals surface area contributed by atoms with Gasteiger partial charge in [0.05, 0.1) is 11.8 Å². The fourth-order valence-electron chi connectivity index (χ4n) is 4.18. The number of halogens is 1. The molecule has 0 aromatic heterocycles. The van der Waals surface area contributed by atoms with Crippen molar-refractivity contribution >= 4 is 34.0 Å². The van der Waals surface area contributed by atoms with E-state index in [1.165, 1.54) is 76.8 Å². The van der Waals surface area contributed by atoms with Gasteiger partial charge in [-0.3, -0.25) is 4.79 Å². The smallest absolute Gasteiger partial charge is 0.343 e. The highest BCUT2D eigenvalue weighted by Gasteiger charge is 2.12. The van der Waals surface area contributed by atoms with Gasteiger partial charge in [-0.1, -0.05) is 118 Å². The molecule has 0 unspecified atom stereocenters. The quantitative estimate of drug-likeness (QED) is 0.0639. The van der Waals surface area contributed by atoms with Gasteiger partial charge < -0.3 is 4.74 Å². The Labute approximate surface area is 231 Å². The van der Waals surface area contributed by atoms with Crippen molar-refractivity contribution in [3.63, 3.8) is 0 Å². The molecule has 0 bridgehead atoms. The van der Waals surface area contributed by atoms with E-state index in [9.17, 15) is 9.59 Å². The second-order valence-corrected chi connectivity index (χ2v) is 10.6. The molecule has 2 aromatic rings. The molecule has 0 atom stereocenters. The van der Waals surface area contributed by atoms with Crippen LogP contribution >= 0.6 is 15.9 Å². The van der Waals surface area contributed by atoms with Crippen LogP contribution in [-0.4, -0.2) is 18.1 Å². The van der Waals surface area contributed by atoms with Crippen molar-refractivity contribution in [2.45, 2.75) is 104 Å². The minimum absolute atomic E-state index is 0.104. The van der Waals surface area contributed by atoms with Crippen LogP contribution in [0.15, 0.2) is 52.0 Å². The molecule has 37 heavy (non-hydrogen) atoms. The van der Waals surface area contributed by atoms with Crippen LogP contribution < -0.4 is 10.2 Å². The van der Waals surface area contributed by atoms with E-state index in [2.05, 4.69) is 33.4 Å². The van der Waals surface area contributed by atoms with E-state index in [1.54, 1.807) is 30.3 Å². The number of carbonyl (C=O) groups excluding carboxylic acids is 2. The Bertz CT molecular complexity index is 990. The summed E-state index contributed by atoms with van der Waals surface area (Å²) in [6.45, 7) is 4.19. The van der Waals surface area contributed by atoms with Crippen molar-refractivity contribution in [1.29, 1.82) is 0 Å².